The Kier molecular flexibility index (Phi) is 9.53. The largest absolute Gasteiger partial charge is 0.492 e. The molecular formula is C15H24BrNO2. The molecule has 0 aliphatic heterocycles. The van der Waals surface area contributed by atoms with Crippen LogP contribution in [0.5, 0.6) is 5.75 Å². The maximum Gasteiger partial charge on any atom is 0.162 e. The summed E-state index contributed by atoms with van der Waals surface area (Å²) >= 11 is 0. The molecule has 0 fully saturated rings. The Hall–Kier alpha value is -0.870. The number of rotatable bonds is 8. The molecule has 0 unspecified atom stereocenters. The van der Waals surface area contributed by atoms with Crippen LogP contribution in [0.2, 0.25) is 0 Å². The van der Waals surface area contributed by atoms with Crippen molar-refractivity contribution in [3.63, 3.8) is 0 Å². The number of carbonyl (C=O) groups excluding carboxylic acids is 1. The van der Waals surface area contributed by atoms with Gasteiger partial charge < -0.3 is 9.64 Å². The van der Waals surface area contributed by atoms with E-state index >= 15 is 0 Å². The summed E-state index contributed by atoms with van der Waals surface area (Å²) in [6.45, 7) is 9.87. The third-order valence-electron chi connectivity index (χ3n) is 3.07. The van der Waals surface area contributed by atoms with Crippen LogP contribution in [0.1, 0.15) is 37.6 Å². The molecule has 0 radical (unpaired) electrons. The van der Waals surface area contributed by atoms with Crippen LogP contribution in [0.4, 0.5) is 0 Å². The van der Waals surface area contributed by atoms with Crippen molar-refractivity contribution < 1.29 is 9.53 Å². The lowest BCUT2D eigenvalue weighted by atomic mass is 10.1. The molecule has 1 rings (SSSR count). The maximum atomic E-state index is 11.5. The van der Waals surface area contributed by atoms with Crippen LogP contribution in [0.15, 0.2) is 24.3 Å². The average molecular weight is 330 g/mol. The molecule has 0 spiro atoms. The van der Waals surface area contributed by atoms with Gasteiger partial charge in [0.1, 0.15) is 12.4 Å². The highest BCUT2D eigenvalue weighted by Crippen LogP contribution is 2.13. The van der Waals surface area contributed by atoms with Gasteiger partial charge in [0, 0.05) is 18.5 Å². The van der Waals surface area contributed by atoms with Gasteiger partial charge in [-0.2, -0.15) is 0 Å². The first-order chi connectivity index (χ1) is 8.71. The van der Waals surface area contributed by atoms with Crippen molar-refractivity contribution in [1.82, 2.24) is 4.90 Å². The second kappa shape index (κ2) is 9.98. The first-order valence-corrected chi connectivity index (χ1v) is 6.69. The Morgan fingerprint density at radius 3 is 2.16 bits per heavy atom. The van der Waals surface area contributed by atoms with Crippen LogP contribution < -0.4 is 4.74 Å². The van der Waals surface area contributed by atoms with E-state index in [9.17, 15) is 4.79 Å². The zero-order chi connectivity index (χ0) is 13.4. The average Bonchev–Trinajstić information content (AvgIpc) is 2.43. The van der Waals surface area contributed by atoms with E-state index in [1.807, 2.05) is 31.2 Å². The van der Waals surface area contributed by atoms with Crippen molar-refractivity contribution in [3.8, 4) is 5.75 Å². The van der Waals surface area contributed by atoms with Crippen LogP contribution in [0.3, 0.4) is 0 Å². The lowest BCUT2D eigenvalue weighted by molar-refractivity contribution is 0.0988. The van der Waals surface area contributed by atoms with Crippen LogP contribution >= 0.6 is 17.0 Å². The lowest BCUT2D eigenvalue weighted by Gasteiger charge is -2.18. The molecule has 0 N–H and O–H groups in total. The Bertz CT molecular complexity index is 361. The second-order valence-electron chi connectivity index (χ2n) is 4.18. The van der Waals surface area contributed by atoms with E-state index in [0.717, 1.165) is 30.9 Å². The Morgan fingerprint density at radius 1 is 1.11 bits per heavy atom. The summed E-state index contributed by atoms with van der Waals surface area (Å²) in [4.78, 5) is 13.8. The van der Waals surface area contributed by atoms with Gasteiger partial charge in [0.2, 0.25) is 0 Å². The summed E-state index contributed by atoms with van der Waals surface area (Å²) in [7, 11) is 0. The molecule has 0 aromatic heterocycles. The molecule has 0 saturated carbocycles. The zero-order valence-corrected chi connectivity index (χ0v) is 13.7. The third kappa shape index (κ3) is 6.21. The standard InChI is InChI=1S/C15H23NO2.BrH/c1-4-15(17)13-7-9-14(10-8-13)18-12-11-16(5-2)6-3;/h7-10H,4-6,11-12H2,1-3H3;1H. The van der Waals surface area contributed by atoms with Gasteiger partial charge in [0.05, 0.1) is 0 Å². The molecule has 0 amide bonds. The summed E-state index contributed by atoms with van der Waals surface area (Å²) in [5.41, 5.74) is 0.758. The summed E-state index contributed by atoms with van der Waals surface area (Å²) in [6, 6.07) is 7.40. The van der Waals surface area contributed by atoms with Gasteiger partial charge in [-0.1, -0.05) is 20.8 Å². The normalized spacial score (nSPS) is 10.1. The number of likely N-dealkylation sites (N-methyl/N-ethyl adjacent to an activating group) is 1. The molecule has 0 saturated heterocycles. The zero-order valence-electron chi connectivity index (χ0n) is 12.0. The van der Waals surface area contributed by atoms with Crippen molar-refractivity contribution in [3.05, 3.63) is 29.8 Å². The fraction of sp³-hybridized carbons (Fsp3) is 0.533. The molecule has 4 heteroatoms. The van der Waals surface area contributed by atoms with E-state index in [1.54, 1.807) is 0 Å². The topological polar surface area (TPSA) is 29.5 Å². The summed E-state index contributed by atoms with van der Waals surface area (Å²) in [5, 5.41) is 0. The second-order valence-corrected chi connectivity index (χ2v) is 4.18. The van der Waals surface area contributed by atoms with Crippen molar-refractivity contribution >= 4 is 22.8 Å². The van der Waals surface area contributed by atoms with E-state index in [0.29, 0.717) is 13.0 Å². The van der Waals surface area contributed by atoms with Crippen LogP contribution in [-0.2, 0) is 0 Å². The van der Waals surface area contributed by atoms with Crippen LogP contribution in [0.25, 0.3) is 0 Å². The molecule has 1 aromatic rings. The number of benzene rings is 1. The number of hydrogen-bond donors (Lipinski definition) is 0. The molecule has 19 heavy (non-hydrogen) atoms. The predicted molar refractivity (Wildman–Crippen MR) is 84.7 cm³/mol. The van der Waals surface area contributed by atoms with Crippen LogP contribution in [0, 0.1) is 0 Å². The van der Waals surface area contributed by atoms with E-state index in [4.69, 9.17) is 4.74 Å². The predicted octanol–water partition coefficient (Wildman–Crippen LogP) is 3.58. The van der Waals surface area contributed by atoms with Crippen LogP contribution in [-0.4, -0.2) is 36.9 Å². The Balaban J connectivity index is 0.00000324. The molecule has 0 heterocycles. The molecular weight excluding hydrogens is 306 g/mol. The van der Waals surface area contributed by atoms with E-state index < -0.39 is 0 Å². The highest BCUT2D eigenvalue weighted by Gasteiger charge is 2.03. The SMILES string of the molecule is Br.CCC(=O)c1ccc(OCCN(CC)CC)cc1. The van der Waals surface area contributed by atoms with Crippen molar-refractivity contribution in [2.75, 3.05) is 26.2 Å². The summed E-state index contributed by atoms with van der Waals surface area (Å²) < 4.78 is 5.66. The number of ketones is 1. The molecule has 108 valence electrons. The summed E-state index contributed by atoms with van der Waals surface area (Å²) in [6.07, 6.45) is 0.544. The number of nitrogens with zero attached hydrogens (tertiary/aromatic N) is 1. The molecule has 0 aliphatic rings. The minimum atomic E-state index is 0. The van der Waals surface area contributed by atoms with Gasteiger partial charge in [-0.15, -0.1) is 17.0 Å². The number of carbonyl (C=O) groups is 1. The smallest absolute Gasteiger partial charge is 0.162 e. The third-order valence-corrected chi connectivity index (χ3v) is 3.07. The minimum absolute atomic E-state index is 0. The number of ether oxygens (including phenoxy) is 1. The molecule has 0 bridgehead atoms. The number of hydrogen-bond acceptors (Lipinski definition) is 3. The lowest BCUT2D eigenvalue weighted by Crippen LogP contribution is -2.27. The fourth-order valence-corrected chi connectivity index (χ4v) is 1.77. The highest BCUT2D eigenvalue weighted by molar-refractivity contribution is 8.93. The van der Waals surface area contributed by atoms with Crippen molar-refractivity contribution in [2.45, 2.75) is 27.2 Å². The van der Waals surface area contributed by atoms with Crippen molar-refractivity contribution in [2.24, 2.45) is 0 Å². The highest BCUT2D eigenvalue weighted by atomic mass is 79.9. The van der Waals surface area contributed by atoms with Crippen molar-refractivity contribution in [1.29, 1.82) is 0 Å². The first kappa shape index (κ1) is 18.1. The number of halogens is 1. The quantitative estimate of drug-likeness (QED) is 0.683. The fourth-order valence-electron chi connectivity index (χ4n) is 1.77. The minimum Gasteiger partial charge on any atom is -0.492 e. The Labute approximate surface area is 126 Å². The monoisotopic (exact) mass is 329 g/mol. The maximum absolute atomic E-state index is 11.5. The van der Waals surface area contributed by atoms with Gasteiger partial charge >= 0.3 is 0 Å². The van der Waals surface area contributed by atoms with E-state index in [-0.39, 0.29) is 22.8 Å². The first-order valence-electron chi connectivity index (χ1n) is 6.69. The number of Topliss-reactive ketones (excluding diaryl/α,β-unsaturated/α-hetero) is 1. The van der Waals surface area contributed by atoms with Gasteiger partial charge in [0.25, 0.3) is 0 Å². The molecule has 0 atom stereocenters. The summed E-state index contributed by atoms with van der Waals surface area (Å²) in [5.74, 6) is 1.000. The van der Waals surface area contributed by atoms with Gasteiger partial charge in [0.15, 0.2) is 5.78 Å². The van der Waals surface area contributed by atoms with Gasteiger partial charge in [-0.3, -0.25) is 4.79 Å². The molecule has 3 nitrogen and oxygen atoms in total. The molecule has 0 aliphatic carbocycles. The Morgan fingerprint density at radius 2 is 1.68 bits per heavy atom. The van der Waals surface area contributed by atoms with E-state index in [2.05, 4.69) is 18.7 Å². The van der Waals surface area contributed by atoms with Gasteiger partial charge in [-0.05, 0) is 37.4 Å². The van der Waals surface area contributed by atoms with Gasteiger partial charge in [-0.25, -0.2) is 0 Å². The van der Waals surface area contributed by atoms with E-state index in [1.165, 1.54) is 0 Å². The molecule has 1 aromatic carbocycles.